The zero-order valence-electron chi connectivity index (χ0n) is 18.1. The third-order valence-electron chi connectivity index (χ3n) is 6.13. The lowest BCUT2D eigenvalue weighted by Gasteiger charge is -2.45. The zero-order chi connectivity index (χ0) is 22.0. The summed E-state index contributed by atoms with van der Waals surface area (Å²) in [6, 6.07) is 10.9. The number of benzene rings is 2. The summed E-state index contributed by atoms with van der Waals surface area (Å²) in [5, 5.41) is 3.05. The number of ether oxygens (including phenoxy) is 3. The average molecular weight is 424 g/mol. The summed E-state index contributed by atoms with van der Waals surface area (Å²) in [6.45, 7) is 1.65. The maximum absolute atomic E-state index is 13.4. The number of carbonyl (C=O) groups excluding carboxylic acids is 2. The Hall–Kier alpha value is -3.06. The van der Waals surface area contributed by atoms with Crippen LogP contribution >= 0.6 is 0 Å². The van der Waals surface area contributed by atoms with Crippen LogP contribution in [-0.2, 0) is 16.0 Å². The molecule has 1 N–H and O–H groups in total. The Morgan fingerprint density at radius 3 is 2.58 bits per heavy atom. The van der Waals surface area contributed by atoms with Gasteiger partial charge in [0.05, 0.1) is 26.2 Å². The van der Waals surface area contributed by atoms with Gasteiger partial charge in [0, 0.05) is 32.4 Å². The van der Waals surface area contributed by atoms with Gasteiger partial charge in [-0.2, -0.15) is 0 Å². The highest BCUT2D eigenvalue weighted by molar-refractivity contribution is 6.01. The van der Waals surface area contributed by atoms with Gasteiger partial charge in [-0.15, -0.1) is 0 Å². The minimum absolute atomic E-state index is 0.0375. The van der Waals surface area contributed by atoms with E-state index in [0.29, 0.717) is 43.2 Å². The second kappa shape index (κ2) is 8.98. The van der Waals surface area contributed by atoms with Gasteiger partial charge in [-0.05, 0) is 47.7 Å². The third kappa shape index (κ3) is 3.74. The highest BCUT2D eigenvalue weighted by atomic mass is 16.5. The van der Waals surface area contributed by atoms with Gasteiger partial charge in [0.25, 0.3) is 5.91 Å². The number of carbonyl (C=O) groups is 2. The molecule has 2 aliphatic heterocycles. The molecule has 2 amide bonds. The Kier molecular flexibility index (Phi) is 6.13. The van der Waals surface area contributed by atoms with E-state index in [-0.39, 0.29) is 11.8 Å². The Morgan fingerprint density at radius 2 is 1.84 bits per heavy atom. The van der Waals surface area contributed by atoms with Gasteiger partial charge in [0.1, 0.15) is 0 Å². The maximum atomic E-state index is 13.4. The molecule has 2 aromatic rings. The first-order valence-electron chi connectivity index (χ1n) is 10.5. The monoisotopic (exact) mass is 424 g/mol. The molecule has 31 heavy (non-hydrogen) atoms. The highest BCUT2D eigenvalue weighted by Gasteiger charge is 2.46. The molecule has 2 atom stereocenters. The van der Waals surface area contributed by atoms with Crippen molar-refractivity contribution >= 4 is 11.8 Å². The summed E-state index contributed by atoms with van der Waals surface area (Å²) in [7, 11) is 4.84. The van der Waals surface area contributed by atoms with Crippen molar-refractivity contribution in [3.63, 3.8) is 0 Å². The van der Waals surface area contributed by atoms with E-state index in [1.165, 1.54) is 0 Å². The Morgan fingerprint density at radius 1 is 1.10 bits per heavy atom. The van der Waals surface area contributed by atoms with E-state index in [4.69, 9.17) is 14.2 Å². The van der Waals surface area contributed by atoms with Crippen LogP contribution in [-0.4, -0.2) is 57.7 Å². The first-order chi connectivity index (χ1) is 15.1. The summed E-state index contributed by atoms with van der Waals surface area (Å²) >= 11 is 0. The van der Waals surface area contributed by atoms with Crippen LogP contribution in [0.5, 0.6) is 11.5 Å². The molecule has 7 heteroatoms. The van der Waals surface area contributed by atoms with Crippen LogP contribution in [0.2, 0.25) is 0 Å². The van der Waals surface area contributed by atoms with Crippen LogP contribution in [0.1, 0.15) is 45.4 Å². The van der Waals surface area contributed by atoms with E-state index in [0.717, 1.165) is 23.1 Å². The molecule has 0 saturated carbocycles. The molecule has 0 radical (unpaired) electrons. The van der Waals surface area contributed by atoms with Crippen molar-refractivity contribution in [2.45, 2.75) is 24.8 Å². The fourth-order valence-corrected chi connectivity index (χ4v) is 4.67. The molecule has 164 valence electrons. The van der Waals surface area contributed by atoms with Crippen LogP contribution in [0, 0.1) is 0 Å². The molecule has 0 bridgehead atoms. The van der Waals surface area contributed by atoms with Gasteiger partial charge in [-0.1, -0.05) is 18.2 Å². The fraction of sp³-hybridized carbons (Fsp3) is 0.417. The predicted molar refractivity (Wildman–Crippen MR) is 116 cm³/mol. The lowest BCUT2D eigenvalue weighted by molar-refractivity contribution is -0.124. The Balaban J connectivity index is 1.80. The molecule has 2 aromatic carbocycles. The molecule has 4 rings (SSSR count). The SMILES string of the molecule is COCCCNC(=O)C1c2ccccc2C(=O)N2CCc3cc(OC)c(OC)cc3C12. The molecule has 0 fully saturated rings. The van der Waals surface area contributed by atoms with E-state index in [2.05, 4.69) is 5.32 Å². The molecular weight excluding hydrogens is 396 g/mol. The van der Waals surface area contributed by atoms with Crippen molar-refractivity contribution in [2.24, 2.45) is 0 Å². The minimum Gasteiger partial charge on any atom is -0.493 e. The van der Waals surface area contributed by atoms with Gasteiger partial charge < -0.3 is 24.4 Å². The van der Waals surface area contributed by atoms with Crippen LogP contribution in [0.3, 0.4) is 0 Å². The van der Waals surface area contributed by atoms with Crippen molar-refractivity contribution in [1.82, 2.24) is 10.2 Å². The maximum Gasteiger partial charge on any atom is 0.254 e. The number of fused-ring (bicyclic) bond motifs is 4. The molecule has 0 saturated heterocycles. The molecule has 0 aliphatic carbocycles. The lowest BCUT2D eigenvalue weighted by Crippen LogP contribution is -2.50. The molecule has 2 heterocycles. The topological polar surface area (TPSA) is 77.1 Å². The number of methoxy groups -OCH3 is 3. The lowest BCUT2D eigenvalue weighted by atomic mass is 9.75. The third-order valence-corrected chi connectivity index (χ3v) is 6.13. The Labute approximate surface area is 182 Å². The largest absolute Gasteiger partial charge is 0.493 e. The number of nitrogens with zero attached hydrogens (tertiary/aromatic N) is 1. The minimum atomic E-state index is -0.506. The van der Waals surface area contributed by atoms with Gasteiger partial charge >= 0.3 is 0 Å². The number of amides is 2. The van der Waals surface area contributed by atoms with Crippen molar-refractivity contribution in [3.8, 4) is 11.5 Å². The Bertz CT molecular complexity index is 990. The van der Waals surface area contributed by atoms with Crippen LogP contribution in [0.4, 0.5) is 0 Å². The number of hydrogen-bond donors (Lipinski definition) is 1. The summed E-state index contributed by atoms with van der Waals surface area (Å²) < 4.78 is 16.1. The van der Waals surface area contributed by atoms with Crippen LogP contribution < -0.4 is 14.8 Å². The van der Waals surface area contributed by atoms with E-state index < -0.39 is 12.0 Å². The highest BCUT2D eigenvalue weighted by Crippen LogP contribution is 2.48. The molecule has 2 unspecified atom stereocenters. The van der Waals surface area contributed by atoms with Gasteiger partial charge in [-0.25, -0.2) is 0 Å². The molecule has 7 nitrogen and oxygen atoms in total. The zero-order valence-corrected chi connectivity index (χ0v) is 18.1. The average Bonchev–Trinajstić information content (AvgIpc) is 2.81. The van der Waals surface area contributed by atoms with Crippen LogP contribution in [0.15, 0.2) is 36.4 Å². The molecule has 0 spiro atoms. The van der Waals surface area contributed by atoms with Gasteiger partial charge in [0.2, 0.25) is 5.91 Å². The van der Waals surface area contributed by atoms with Crippen molar-refractivity contribution in [2.75, 3.05) is 41.0 Å². The van der Waals surface area contributed by atoms with E-state index in [1.807, 2.05) is 41.3 Å². The molecule has 2 aliphatic rings. The van der Waals surface area contributed by atoms with Crippen molar-refractivity contribution < 1.29 is 23.8 Å². The molecular formula is C24H28N2O5. The summed E-state index contributed by atoms with van der Waals surface area (Å²) in [5.41, 5.74) is 3.37. The van der Waals surface area contributed by atoms with E-state index in [9.17, 15) is 9.59 Å². The first kappa shape index (κ1) is 21.2. The van der Waals surface area contributed by atoms with Crippen molar-refractivity contribution in [1.29, 1.82) is 0 Å². The van der Waals surface area contributed by atoms with Crippen LogP contribution in [0.25, 0.3) is 0 Å². The summed E-state index contributed by atoms with van der Waals surface area (Å²) in [5.74, 6) is 0.609. The molecule has 0 aromatic heterocycles. The van der Waals surface area contributed by atoms with Gasteiger partial charge in [0.15, 0.2) is 11.5 Å². The number of nitrogens with one attached hydrogen (secondary N) is 1. The summed E-state index contributed by atoms with van der Waals surface area (Å²) in [4.78, 5) is 28.6. The second-order valence-corrected chi connectivity index (χ2v) is 7.80. The second-order valence-electron chi connectivity index (χ2n) is 7.80. The normalized spacial score (nSPS) is 19.2. The number of rotatable bonds is 7. The van der Waals surface area contributed by atoms with Gasteiger partial charge in [-0.3, -0.25) is 9.59 Å². The first-order valence-corrected chi connectivity index (χ1v) is 10.5. The quantitative estimate of drug-likeness (QED) is 0.692. The van der Waals surface area contributed by atoms with E-state index in [1.54, 1.807) is 21.3 Å². The fourth-order valence-electron chi connectivity index (χ4n) is 4.67. The van der Waals surface area contributed by atoms with E-state index >= 15 is 0 Å². The van der Waals surface area contributed by atoms with Crippen molar-refractivity contribution in [3.05, 3.63) is 58.7 Å². The smallest absolute Gasteiger partial charge is 0.254 e. The summed E-state index contributed by atoms with van der Waals surface area (Å²) in [6.07, 6.45) is 1.42. The standard InChI is InChI=1S/C24H28N2O5/c1-29-12-6-10-25-23(27)21-16-7-4-5-8-17(16)24(28)26-11-9-15-13-19(30-2)20(31-3)14-18(15)22(21)26/h4-5,7-8,13-14,21-22H,6,9-12H2,1-3H3,(H,25,27). The predicted octanol–water partition coefficient (Wildman–Crippen LogP) is 2.69. The number of hydrogen-bond acceptors (Lipinski definition) is 5.